The molecule has 1 fully saturated rings. The number of aromatic nitrogens is 1. The number of hydrogen-bond acceptors (Lipinski definition) is 17. The molecule has 9 N–H and O–H groups in total. The summed E-state index contributed by atoms with van der Waals surface area (Å²) in [6, 6.07) is 2.64. The van der Waals surface area contributed by atoms with Crippen LogP contribution in [-0.4, -0.2) is 154 Å². The molecule has 0 saturated carbocycles. The lowest BCUT2D eigenvalue weighted by Crippen LogP contribution is -2.58. The van der Waals surface area contributed by atoms with E-state index in [0.717, 1.165) is 30.7 Å². The van der Waals surface area contributed by atoms with Gasteiger partial charge in [-0.1, -0.05) is 52.7 Å². The fourth-order valence-corrected chi connectivity index (χ4v) is 9.51. The average Bonchev–Trinajstić information content (AvgIpc) is 3.96. The predicted molar refractivity (Wildman–Crippen MR) is 298 cm³/mol. The lowest BCUT2D eigenvalue weighted by atomic mass is 9.84. The monoisotopic (exact) mass is 1140 g/mol. The molecule has 2 heterocycles. The quantitative estimate of drug-likeness (QED) is 0.0212. The molecule has 1 aliphatic rings. The average molecular weight is 1140 g/mol. The number of esters is 1. The number of aliphatic carboxylic acids is 1. The summed E-state index contributed by atoms with van der Waals surface area (Å²) in [4.78, 5) is 142. The molecule has 1 saturated heterocycles. The zero-order chi connectivity index (χ0) is 59.7. The molecule has 3 rings (SSSR count). The van der Waals surface area contributed by atoms with Crippen molar-refractivity contribution in [3.8, 4) is 12.3 Å². The molecule has 0 radical (unpaired) electrons. The number of carbonyl (C=O) groups excluding carboxylic acids is 9. The molecular weight excluding hydrogens is 1050 g/mol. The maximum absolute atomic E-state index is 14.8. The molecule has 24 heteroatoms. The van der Waals surface area contributed by atoms with Crippen molar-refractivity contribution in [1.82, 2.24) is 36.2 Å². The standard InChI is InChI=1S/C56H83N9O14S/c1-10-12-15-26-78-65(54(75)49(35(5)11-2)63-52(74)44-16-13-14-25-64(44)9)45(34(3)4)28-46(79-36(6)67)53-62-43(33-80-53)51(73)61-39(29-56(7,8)55(76)77)27-37-17-19-38(20-18-37)60-48(71)24-22-40(68)30-58-47(70)23-21-41(69)31-59-50(72)42(57)32-66/h1,17-20,33-35,39,42,44-46,49,66H,11-16,21-32,57H2,2-9H3,(H,58,70)(H,59,72)(H,60,71)(H,61,73)(H,63,74)(H,76,77)/t35-,39-,42-,44+,45+,46+,49-/m0/s1. The highest BCUT2D eigenvalue weighted by Crippen LogP contribution is 2.33. The van der Waals surface area contributed by atoms with E-state index in [1.165, 1.54) is 31.2 Å². The molecule has 0 unspecified atom stereocenters. The number of rotatable bonds is 35. The van der Waals surface area contributed by atoms with Gasteiger partial charge in [0.2, 0.25) is 23.6 Å². The van der Waals surface area contributed by atoms with Gasteiger partial charge in [0.25, 0.3) is 11.8 Å². The van der Waals surface area contributed by atoms with Crippen LogP contribution in [0, 0.1) is 29.6 Å². The van der Waals surface area contributed by atoms with Crippen LogP contribution in [-0.2, 0) is 59.1 Å². The number of hydrogen-bond donors (Lipinski definition) is 8. The SMILES string of the molecule is C#CCCCON(C(=O)[C@@H](NC(=O)[C@H]1CCCCN1C)[C@@H](C)CC)[C@H](C[C@@H](OC(C)=O)c1nc(C(=O)N[C@@H](Cc2ccc(NC(=O)CCC(=O)CNC(=O)CCC(=O)CNC(=O)[C@@H](N)CO)cc2)CC(C)(C)C(=O)O)cs1)C(C)C. The van der Waals surface area contributed by atoms with E-state index in [0.29, 0.717) is 36.9 Å². The zero-order valence-corrected chi connectivity index (χ0v) is 48.2. The van der Waals surface area contributed by atoms with Crippen molar-refractivity contribution in [2.24, 2.45) is 23.0 Å². The van der Waals surface area contributed by atoms with Gasteiger partial charge in [-0.3, -0.25) is 57.7 Å². The molecule has 0 aliphatic carbocycles. The largest absolute Gasteiger partial charge is 0.481 e. The van der Waals surface area contributed by atoms with Crippen molar-refractivity contribution in [3.63, 3.8) is 0 Å². The second-order valence-corrected chi connectivity index (χ2v) is 22.1. The molecule has 6 amide bonds. The highest BCUT2D eigenvalue weighted by molar-refractivity contribution is 7.09. The summed E-state index contributed by atoms with van der Waals surface area (Å²) in [5, 5.41) is 35.4. The van der Waals surface area contributed by atoms with Crippen molar-refractivity contribution < 1.29 is 67.7 Å². The van der Waals surface area contributed by atoms with Crippen LogP contribution in [0.5, 0.6) is 0 Å². The number of unbranched alkanes of at least 4 members (excludes halogenated alkanes) is 1. The molecule has 80 heavy (non-hydrogen) atoms. The minimum absolute atomic E-state index is 0.00428. The summed E-state index contributed by atoms with van der Waals surface area (Å²) in [5.74, 6) is -3.70. The Labute approximate surface area is 472 Å². The normalized spacial score (nSPS) is 15.8. The number of anilines is 1. The van der Waals surface area contributed by atoms with Gasteiger partial charge in [0.15, 0.2) is 17.7 Å². The minimum Gasteiger partial charge on any atom is -0.481 e. The van der Waals surface area contributed by atoms with Crippen molar-refractivity contribution >= 4 is 76.0 Å². The fourth-order valence-electron chi connectivity index (χ4n) is 8.67. The van der Waals surface area contributed by atoms with E-state index in [4.69, 9.17) is 26.8 Å². The van der Waals surface area contributed by atoms with Gasteiger partial charge in [-0.05, 0) is 89.1 Å². The summed E-state index contributed by atoms with van der Waals surface area (Å²) in [7, 11) is 1.90. The number of nitrogens with one attached hydrogen (secondary N) is 5. The van der Waals surface area contributed by atoms with E-state index in [2.05, 4.69) is 37.5 Å². The smallest absolute Gasteiger partial charge is 0.309 e. The third-order valence-corrected chi connectivity index (χ3v) is 14.7. The van der Waals surface area contributed by atoms with Gasteiger partial charge in [-0.15, -0.1) is 23.7 Å². The van der Waals surface area contributed by atoms with Crippen molar-refractivity contribution in [2.75, 3.05) is 45.2 Å². The van der Waals surface area contributed by atoms with Crippen molar-refractivity contribution in [1.29, 1.82) is 0 Å². The zero-order valence-electron chi connectivity index (χ0n) is 47.4. The van der Waals surface area contributed by atoms with Crippen LogP contribution >= 0.6 is 11.3 Å². The van der Waals surface area contributed by atoms with Gasteiger partial charge >= 0.3 is 11.9 Å². The van der Waals surface area contributed by atoms with Crippen LogP contribution in [0.4, 0.5) is 5.69 Å². The maximum atomic E-state index is 14.8. The number of benzene rings is 1. The number of Topliss-reactive ketones (excluding diaryl/α,β-unsaturated/α-hetero) is 2. The Hall–Kier alpha value is -6.65. The molecular formula is C56H83N9O14S. The first-order chi connectivity index (χ1) is 37.8. The molecule has 1 aromatic carbocycles. The highest BCUT2D eigenvalue weighted by Gasteiger charge is 2.40. The number of ether oxygens (including phenoxy) is 1. The van der Waals surface area contributed by atoms with Crippen LogP contribution in [0.2, 0.25) is 0 Å². The number of nitrogens with two attached hydrogens (primary N) is 1. The fraction of sp³-hybridized carbons (Fsp3) is 0.625. The number of aliphatic hydroxyl groups excluding tert-OH is 1. The van der Waals surface area contributed by atoms with E-state index in [-0.39, 0.29) is 93.1 Å². The first-order valence-electron chi connectivity index (χ1n) is 27.2. The maximum Gasteiger partial charge on any atom is 0.309 e. The van der Waals surface area contributed by atoms with Crippen LogP contribution in [0.1, 0.15) is 153 Å². The molecule has 0 spiro atoms. The molecule has 2 aromatic rings. The van der Waals surface area contributed by atoms with Gasteiger partial charge in [-0.25, -0.2) is 10.0 Å². The number of nitrogens with zero attached hydrogens (tertiary/aromatic N) is 3. The topological polar surface area (TPSA) is 335 Å². The first-order valence-corrected chi connectivity index (χ1v) is 28.1. The van der Waals surface area contributed by atoms with Crippen molar-refractivity contribution in [3.05, 3.63) is 45.9 Å². The van der Waals surface area contributed by atoms with E-state index >= 15 is 0 Å². The molecule has 1 aliphatic heterocycles. The van der Waals surface area contributed by atoms with Gasteiger partial charge in [-0.2, -0.15) is 0 Å². The lowest BCUT2D eigenvalue weighted by molar-refractivity contribution is -0.213. The van der Waals surface area contributed by atoms with Crippen molar-refractivity contribution in [2.45, 2.75) is 168 Å². The first kappa shape index (κ1) is 67.6. The Morgan fingerprint density at radius 1 is 0.950 bits per heavy atom. The van der Waals surface area contributed by atoms with Crippen LogP contribution in [0.25, 0.3) is 0 Å². The number of carboxylic acids is 1. The van der Waals surface area contributed by atoms with Gasteiger partial charge in [0.05, 0.1) is 43.8 Å². The number of likely N-dealkylation sites (N-methyl/N-ethyl adjacent to an activating group) is 1. The number of terminal acetylenes is 1. The summed E-state index contributed by atoms with van der Waals surface area (Å²) >= 11 is 1.07. The Balaban J connectivity index is 1.74. The van der Waals surface area contributed by atoms with Crippen LogP contribution < -0.4 is 32.3 Å². The third kappa shape index (κ3) is 22.8. The lowest BCUT2D eigenvalue weighted by Gasteiger charge is -2.39. The number of carbonyl (C=O) groups is 10. The Kier molecular flexibility index (Phi) is 28.6. The summed E-state index contributed by atoms with van der Waals surface area (Å²) in [6.07, 6.45) is 7.77. The number of amides is 6. The predicted octanol–water partition coefficient (Wildman–Crippen LogP) is 3.38. The van der Waals surface area contributed by atoms with E-state index in [9.17, 15) is 53.1 Å². The molecule has 0 bridgehead atoms. The number of piperidine rings is 1. The number of carboxylic acid groups (broad SMARTS) is 1. The summed E-state index contributed by atoms with van der Waals surface area (Å²) < 4.78 is 5.86. The summed E-state index contributed by atoms with van der Waals surface area (Å²) in [6.45, 7) is 11.4. The number of aliphatic hydroxyl groups is 1. The van der Waals surface area contributed by atoms with Gasteiger partial charge < -0.3 is 47.3 Å². The number of hydroxylamine groups is 2. The molecule has 1 aromatic heterocycles. The highest BCUT2D eigenvalue weighted by atomic mass is 32.1. The Morgan fingerprint density at radius 3 is 2.19 bits per heavy atom. The van der Waals surface area contributed by atoms with Crippen LogP contribution in [0.15, 0.2) is 29.6 Å². The minimum atomic E-state index is -1.28. The second kappa shape index (κ2) is 33.8. The van der Waals surface area contributed by atoms with E-state index in [1.54, 1.807) is 24.3 Å². The summed E-state index contributed by atoms with van der Waals surface area (Å²) in [5.41, 5.74) is 5.15. The third-order valence-electron chi connectivity index (χ3n) is 13.8. The molecule has 442 valence electrons. The number of ketones is 2. The Morgan fingerprint density at radius 2 is 1.60 bits per heavy atom. The number of likely N-dealkylation sites (tertiary alicyclic amines) is 1. The van der Waals surface area contributed by atoms with E-state index in [1.807, 2.05) is 39.6 Å². The number of thiazole rings is 1. The molecule has 23 nitrogen and oxygen atoms in total. The van der Waals surface area contributed by atoms with Gasteiger partial charge in [0, 0.05) is 62.6 Å². The van der Waals surface area contributed by atoms with Crippen LogP contribution in [0.3, 0.4) is 0 Å². The molecule has 7 atom stereocenters. The Bertz CT molecular complexity index is 2480. The van der Waals surface area contributed by atoms with Gasteiger partial charge in [0.1, 0.15) is 22.8 Å². The second-order valence-electron chi connectivity index (χ2n) is 21.3. The van der Waals surface area contributed by atoms with E-state index < -0.39 is 101 Å².